The van der Waals surface area contributed by atoms with E-state index in [9.17, 15) is 0 Å². The van der Waals surface area contributed by atoms with E-state index in [1.165, 1.54) is 0 Å². The summed E-state index contributed by atoms with van der Waals surface area (Å²) in [6, 6.07) is 40.5. The van der Waals surface area contributed by atoms with E-state index >= 15 is 0 Å². The van der Waals surface area contributed by atoms with Crippen LogP contribution in [-0.4, -0.2) is 42.9 Å². The van der Waals surface area contributed by atoms with E-state index in [-0.39, 0.29) is 6.61 Å². The molecule has 1 aliphatic heterocycles. The molecule has 2 aliphatic rings. The molecule has 0 spiro atoms. The van der Waals surface area contributed by atoms with Gasteiger partial charge in [0.05, 0.1) is 33.0 Å². The number of hydrogen-bond acceptors (Lipinski definition) is 6. The molecule has 1 heterocycles. The molecule has 0 aromatic heterocycles. The van der Waals surface area contributed by atoms with Gasteiger partial charge in [-0.05, 0) is 47.9 Å². The van der Waals surface area contributed by atoms with Crippen LogP contribution in [0.3, 0.4) is 0 Å². The molecule has 6 heteroatoms. The summed E-state index contributed by atoms with van der Waals surface area (Å²) in [7, 11) is 0. The Kier molecular flexibility index (Phi) is 12.5. The second-order valence-electron chi connectivity index (χ2n) is 12.6. The molecule has 1 saturated heterocycles. The highest BCUT2D eigenvalue weighted by Gasteiger charge is 2.51. The first-order valence-corrected chi connectivity index (χ1v) is 17.1. The Balaban J connectivity index is 1.32. The second kappa shape index (κ2) is 17.6. The first kappa shape index (κ1) is 34.1. The van der Waals surface area contributed by atoms with E-state index in [1.54, 1.807) is 0 Å². The fourth-order valence-electron chi connectivity index (χ4n) is 6.48. The van der Waals surface area contributed by atoms with Gasteiger partial charge < -0.3 is 28.4 Å². The van der Waals surface area contributed by atoms with E-state index < -0.39 is 36.3 Å². The van der Waals surface area contributed by atoms with Crippen LogP contribution < -0.4 is 0 Å². The summed E-state index contributed by atoms with van der Waals surface area (Å²) in [5, 5.41) is 0. The molecule has 5 atom stereocenters. The third-order valence-corrected chi connectivity index (χ3v) is 9.11. The largest absolute Gasteiger partial charge is 0.374 e. The number of rotatable bonds is 15. The molecule has 2 fully saturated rings. The van der Waals surface area contributed by atoms with Crippen LogP contribution in [0.15, 0.2) is 121 Å². The number of terminal acetylenes is 1. The lowest BCUT2D eigenvalue weighted by Gasteiger charge is -2.48. The van der Waals surface area contributed by atoms with Crippen LogP contribution in [0.25, 0.3) is 0 Å². The molecule has 6 nitrogen and oxygen atoms in total. The standard InChI is InChI=1S/C42H46O6/c1-2-42(26-16-7-17-27-42)48-41-40(46-31-36-24-14-6-15-25-36)39(45-30-35-22-12-5-13-23-35)38(44-29-34-20-10-4-11-21-34)37(47-41)32-43-28-33-18-8-3-9-19-33/h1,3-6,8-15,18-25,37-41H,7,16-17,26-32H2/t37-,38-,39+,40+,41-/m1/s1. The third kappa shape index (κ3) is 9.42. The van der Waals surface area contributed by atoms with Crippen LogP contribution in [0.1, 0.15) is 54.4 Å². The highest BCUT2D eigenvalue weighted by Crippen LogP contribution is 2.38. The Morgan fingerprint density at radius 3 is 1.48 bits per heavy atom. The monoisotopic (exact) mass is 646 g/mol. The predicted molar refractivity (Wildman–Crippen MR) is 186 cm³/mol. The molecule has 6 rings (SSSR count). The fourth-order valence-corrected chi connectivity index (χ4v) is 6.48. The summed E-state index contributed by atoms with van der Waals surface area (Å²) < 4.78 is 40.4. The second-order valence-corrected chi connectivity index (χ2v) is 12.6. The van der Waals surface area contributed by atoms with Crippen molar-refractivity contribution in [1.82, 2.24) is 0 Å². The first-order valence-electron chi connectivity index (χ1n) is 17.1. The lowest BCUT2D eigenvalue weighted by Crippen LogP contribution is -2.63. The Labute approximate surface area is 285 Å². The van der Waals surface area contributed by atoms with Crippen molar-refractivity contribution >= 4 is 0 Å². The molecular weight excluding hydrogens is 600 g/mol. The van der Waals surface area contributed by atoms with Gasteiger partial charge in [0.1, 0.15) is 30.0 Å². The van der Waals surface area contributed by atoms with E-state index in [1.807, 2.05) is 84.9 Å². The van der Waals surface area contributed by atoms with E-state index in [4.69, 9.17) is 34.8 Å². The molecule has 0 amide bonds. The van der Waals surface area contributed by atoms with Crippen LogP contribution >= 0.6 is 0 Å². The van der Waals surface area contributed by atoms with Crippen molar-refractivity contribution in [3.05, 3.63) is 144 Å². The topological polar surface area (TPSA) is 55.4 Å². The molecule has 0 radical (unpaired) electrons. The molecule has 1 saturated carbocycles. The van der Waals surface area contributed by atoms with Crippen molar-refractivity contribution in [2.45, 2.75) is 94.8 Å². The molecule has 1 aliphatic carbocycles. The minimum absolute atomic E-state index is 0.272. The average Bonchev–Trinajstić information content (AvgIpc) is 3.15. The van der Waals surface area contributed by atoms with Gasteiger partial charge in [0.2, 0.25) is 0 Å². The minimum atomic E-state index is -0.800. The normalized spacial score (nSPS) is 23.7. The SMILES string of the molecule is C#CC1(O[C@H]2O[C@H](COCc3ccccc3)[C@@H](OCc3ccccc3)[C@H](OCc3ccccc3)[C@@H]2OCc2ccccc2)CCCCC1. The first-order chi connectivity index (χ1) is 23.7. The van der Waals surface area contributed by atoms with Gasteiger partial charge >= 0.3 is 0 Å². The van der Waals surface area contributed by atoms with Crippen LogP contribution in [0.2, 0.25) is 0 Å². The zero-order chi connectivity index (χ0) is 32.9. The summed E-state index contributed by atoms with van der Waals surface area (Å²) in [6.07, 6.45) is 7.86. The zero-order valence-electron chi connectivity index (χ0n) is 27.5. The van der Waals surface area contributed by atoms with Gasteiger partial charge in [-0.25, -0.2) is 0 Å². The summed E-state index contributed by atoms with van der Waals surface area (Å²) in [4.78, 5) is 0. The lowest BCUT2D eigenvalue weighted by atomic mass is 9.85. The van der Waals surface area contributed by atoms with Gasteiger partial charge in [0.25, 0.3) is 0 Å². The summed E-state index contributed by atoms with van der Waals surface area (Å²) >= 11 is 0. The van der Waals surface area contributed by atoms with E-state index in [2.05, 4.69) is 42.3 Å². The van der Waals surface area contributed by atoms with Crippen LogP contribution in [0.4, 0.5) is 0 Å². The average molecular weight is 647 g/mol. The van der Waals surface area contributed by atoms with Crippen LogP contribution in [-0.2, 0) is 54.8 Å². The Bertz CT molecular complexity index is 1520. The Hall–Kier alpha value is -3.80. The molecule has 48 heavy (non-hydrogen) atoms. The molecule has 0 unspecified atom stereocenters. The van der Waals surface area contributed by atoms with Crippen molar-refractivity contribution in [3.63, 3.8) is 0 Å². The fraction of sp³-hybridized carbons (Fsp3) is 0.381. The number of ether oxygens (including phenoxy) is 6. The highest BCUT2D eigenvalue weighted by molar-refractivity contribution is 5.17. The molecule has 0 bridgehead atoms. The van der Waals surface area contributed by atoms with Crippen molar-refractivity contribution in [1.29, 1.82) is 0 Å². The predicted octanol–water partition coefficient (Wildman–Crippen LogP) is 8.04. The maximum absolute atomic E-state index is 6.88. The van der Waals surface area contributed by atoms with E-state index in [0.29, 0.717) is 26.4 Å². The lowest BCUT2D eigenvalue weighted by molar-refractivity contribution is -0.344. The van der Waals surface area contributed by atoms with Gasteiger partial charge in [0.15, 0.2) is 6.29 Å². The number of hydrogen-bond donors (Lipinski definition) is 0. The zero-order valence-corrected chi connectivity index (χ0v) is 27.5. The van der Waals surface area contributed by atoms with E-state index in [0.717, 1.165) is 54.4 Å². The molecule has 0 N–H and O–H groups in total. The van der Waals surface area contributed by atoms with Gasteiger partial charge in [-0.3, -0.25) is 0 Å². The van der Waals surface area contributed by atoms with Crippen molar-refractivity contribution in [3.8, 4) is 12.3 Å². The van der Waals surface area contributed by atoms with Crippen molar-refractivity contribution in [2.75, 3.05) is 6.61 Å². The van der Waals surface area contributed by atoms with Gasteiger partial charge in [-0.1, -0.05) is 134 Å². The van der Waals surface area contributed by atoms with Gasteiger partial charge in [0, 0.05) is 0 Å². The van der Waals surface area contributed by atoms with Gasteiger partial charge in [-0.15, -0.1) is 6.42 Å². The maximum Gasteiger partial charge on any atom is 0.188 e. The van der Waals surface area contributed by atoms with Crippen LogP contribution in [0, 0.1) is 12.3 Å². The maximum atomic E-state index is 6.88. The molecule has 250 valence electrons. The minimum Gasteiger partial charge on any atom is -0.374 e. The summed E-state index contributed by atoms with van der Waals surface area (Å²) in [5.74, 6) is 3.01. The van der Waals surface area contributed by atoms with Gasteiger partial charge in [-0.2, -0.15) is 0 Å². The summed E-state index contributed by atoms with van der Waals surface area (Å²) in [5.41, 5.74) is 3.48. The Morgan fingerprint density at radius 2 is 1.00 bits per heavy atom. The van der Waals surface area contributed by atoms with Crippen molar-refractivity contribution < 1.29 is 28.4 Å². The quantitative estimate of drug-likeness (QED) is 0.122. The summed E-state index contributed by atoms with van der Waals surface area (Å²) in [6.45, 7) is 1.81. The molecule has 4 aromatic carbocycles. The Morgan fingerprint density at radius 1 is 0.562 bits per heavy atom. The molecule has 4 aromatic rings. The highest BCUT2D eigenvalue weighted by atomic mass is 16.7. The molecular formula is C42H46O6. The third-order valence-electron chi connectivity index (χ3n) is 9.11. The smallest absolute Gasteiger partial charge is 0.188 e. The van der Waals surface area contributed by atoms with Crippen molar-refractivity contribution in [2.24, 2.45) is 0 Å². The van der Waals surface area contributed by atoms with Crippen LogP contribution in [0.5, 0.6) is 0 Å². The number of benzene rings is 4.